The van der Waals surface area contributed by atoms with Crippen molar-refractivity contribution in [2.75, 3.05) is 39.3 Å². The highest BCUT2D eigenvalue weighted by atomic mass is 16.3. The number of amides is 1. The molecular formula is C25H26N6O3. The minimum Gasteiger partial charge on any atom is -0.454 e. The highest BCUT2D eigenvalue weighted by Gasteiger charge is 2.35. The van der Waals surface area contributed by atoms with Gasteiger partial charge in [-0.25, -0.2) is 14.6 Å². The first-order valence-electron chi connectivity index (χ1n) is 11.7. The lowest BCUT2D eigenvalue weighted by Gasteiger charge is -2.34. The van der Waals surface area contributed by atoms with Gasteiger partial charge in [-0.2, -0.15) is 5.10 Å². The molecule has 1 aliphatic carbocycles. The Morgan fingerprint density at radius 3 is 2.71 bits per heavy atom. The van der Waals surface area contributed by atoms with Crippen LogP contribution in [0.25, 0.3) is 28.4 Å². The second-order valence-corrected chi connectivity index (χ2v) is 8.88. The van der Waals surface area contributed by atoms with E-state index in [2.05, 4.69) is 15.0 Å². The predicted octanol–water partition coefficient (Wildman–Crippen LogP) is 2.70. The van der Waals surface area contributed by atoms with E-state index in [-0.39, 0.29) is 18.4 Å². The maximum atomic E-state index is 13.4. The van der Waals surface area contributed by atoms with Crippen molar-refractivity contribution < 1.29 is 14.3 Å². The van der Waals surface area contributed by atoms with E-state index in [1.54, 1.807) is 17.1 Å². The highest BCUT2D eigenvalue weighted by molar-refractivity contribution is 5.95. The molecule has 9 heteroatoms. The van der Waals surface area contributed by atoms with Crippen molar-refractivity contribution in [1.82, 2.24) is 29.5 Å². The number of aromatic nitrogens is 4. The van der Waals surface area contributed by atoms with Gasteiger partial charge < -0.3 is 14.4 Å². The van der Waals surface area contributed by atoms with E-state index in [4.69, 9.17) is 14.5 Å². The average molecular weight is 459 g/mol. The van der Waals surface area contributed by atoms with Crippen LogP contribution < -0.4 is 0 Å². The first kappa shape index (κ1) is 21.0. The SMILES string of the molecule is O=C(c1cnn(-c2nccc(-c3cc4ccccc4o3)n2)c1C1CC1)N1CCN(CCO)CC1. The van der Waals surface area contributed by atoms with Gasteiger partial charge in [-0.1, -0.05) is 18.2 Å². The van der Waals surface area contributed by atoms with Crippen molar-refractivity contribution in [2.24, 2.45) is 0 Å². The van der Waals surface area contributed by atoms with Gasteiger partial charge in [0.25, 0.3) is 11.9 Å². The Morgan fingerprint density at radius 1 is 1.12 bits per heavy atom. The number of piperazine rings is 1. The molecule has 2 fully saturated rings. The molecule has 9 nitrogen and oxygen atoms in total. The zero-order valence-corrected chi connectivity index (χ0v) is 18.8. The van der Waals surface area contributed by atoms with Crippen molar-refractivity contribution >= 4 is 16.9 Å². The Kier molecular flexibility index (Phi) is 5.35. The average Bonchev–Trinajstić information content (AvgIpc) is 3.46. The largest absolute Gasteiger partial charge is 0.454 e. The fraction of sp³-hybridized carbons (Fsp3) is 0.360. The molecule has 3 aromatic heterocycles. The summed E-state index contributed by atoms with van der Waals surface area (Å²) < 4.78 is 7.70. The number of aliphatic hydroxyl groups excluding tert-OH is 1. The Labute approximate surface area is 196 Å². The van der Waals surface area contributed by atoms with Crippen LogP contribution in [0.1, 0.15) is 34.8 Å². The van der Waals surface area contributed by atoms with E-state index < -0.39 is 0 Å². The lowest BCUT2D eigenvalue weighted by Crippen LogP contribution is -2.49. The molecular weight excluding hydrogens is 432 g/mol. The van der Waals surface area contributed by atoms with Gasteiger partial charge >= 0.3 is 0 Å². The molecule has 4 aromatic rings. The van der Waals surface area contributed by atoms with Crippen LogP contribution in [0, 0.1) is 0 Å². The topological polar surface area (TPSA) is 101 Å². The molecule has 6 rings (SSSR count). The van der Waals surface area contributed by atoms with E-state index in [0.29, 0.717) is 42.6 Å². The molecule has 0 atom stereocenters. The normalized spacial score (nSPS) is 16.9. The Morgan fingerprint density at radius 2 is 1.94 bits per heavy atom. The first-order valence-corrected chi connectivity index (χ1v) is 11.7. The summed E-state index contributed by atoms with van der Waals surface area (Å²) in [5.74, 6) is 1.40. The summed E-state index contributed by atoms with van der Waals surface area (Å²) in [5.41, 5.74) is 3.01. The van der Waals surface area contributed by atoms with E-state index in [1.165, 1.54) is 0 Å². The number of hydrogen-bond acceptors (Lipinski definition) is 7. The van der Waals surface area contributed by atoms with Crippen LogP contribution in [-0.2, 0) is 0 Å². The van der Waals surface area contributed by atoms with Crippen LogP contribution in [0.2, 0.25) is 0 Å². The lowest BCUT2D eigenvalue weighted by atomic mass is 10.1. The number of para-hydroxylation sites is 1. The highest BCUT2D eigenvalue weighted by Crippen LogP contribution is 2.42. The molecule has 0 bridgehead atoms. The number of furan rings is 1. The molecule has 34 heavy (non-hydrogen) atoms. The van der Waals surface area contributed by atoms with Gasteiger partial charge in [0.1, 0.15) is 11.3 Å². The molecule has 1 saturated carbocycles. The number of β-amino-alcohol motifs (C(OH)–C–C–N with tert-alkyl or cyclic N) is 1. The molecule has 174 valence electrons. The van der Waals surface area contributed by atoms with Crippen molar-refractivity contribution in [2.45, 2.75) is 18.8 Å². The van der Waals surface area contributed by atoms with Crippen LogP contribution in [-0.4, -0.2) is 79.9 Å². The Bertz CT molecular complexity index is 1300. The summed E-state index contributed by atoms with van der Waals surface area (Å²) in [5, 5.41) is 14.7. The van der Waals surface area contributed by atoms with E-state index in [1.807, 2.05) is 41.3 Å². The fourth-order valence-electron chi connectivity index (χ4n) is 4.61. The monoisotopic (exact) mass is 458 g/mol. The van der Waals surface area contributed by atoms with Crippen molar-refractivity contribution in [1.29, 1.82) is 0 Å². The van der Waals surface area contributed by atoms with Gasteiger partial charge in [0, 0.05) is 50.2 Å². The van der Waals surface area contributed by atoms with Crippen LogP contribution in [0.5, 0.6) is 0 Å². The third-order valence-corrected chi connectivity index (χ3v) is 6.59. The van der Waals surface area contributed by atoms with Crippen LogP contribution in [0.4, 0.5) is 0 Å². The van der Waals surface area contributed by atoms with Crippen LogP contribution in [0.15, 0.2) is 53.2 Å². The molecule has 0 unspecified atom stereocenters. The van der Waals surface area contributed by atoms with Crippen LogP contribution in [0.3, 0.4) is 0 Å². The van der Waals surface area contributed by atoms with Gasteiger partial charge in [-0.05, 0) is 31.0 Å². The lowest BCUT2D eigenvalue weighted by molar-refractivity contribution is 0.0614. The Hall–Kier alpha value is -3.56. The summed E-state index contributed by atoms with van der Waals surface area (Å²) in [4.78, 5) is 26.7. The molecule has 1 aromatic carbocycles. The van der Waals surface area contributed by atoms with Gasteiger partial charge in [0.2, 0.25) is 0 Å². The molecule has 1 N–H and O–H groups in total. The maximum absolute atomic E-state index is 13.4. The number of hydrogen-bond donors (Lipinski definition) is 1. The van der Waals surface area contributed by atoms with Crippen molar-refractivity contribution in [3.8, 4) is 17.4 Å². The van der Waals surface area contributed by atoms with Crippen molar-refractivity contribution in [3.05, 3.63) is 60.0 Å². The van der Waals surface area contributed by atoms with Gasteiger partial charge in [0.05, 0.1) is 24.1 Å². The number of carbonyl (C=O) groups excluding carboxylic acids is 1. The number of rotatable bonds is 6. The molecule has 4 heterocycles. The van der Waals surface area contributed by atoms with Gasteiger partial charge in [0.15, 0.2) is 5.76 Å². The van der Waals surface area contributed by atoms with Gasteiger partial charge in [-0.15, -0.1) is 0 Å². The summed E-state index contributed by atoms with van der Waals surface area (Å²) in [7, 11) is 0. The summed E-state index contributed by atoms with van der Waals surface area (Å²) in [6.07, 6.45) is 5.41. The number of aliphatic hydroxyl groups is 1. The maximum Gasteiger partial charge on any atom is 0.257 e. The quantitative estimate of drug-likeness (QED) is 0.474. The summed E-state index contributed by atoms with van der Waals surface area (Å²) in [6.45, 7) is 3.61. The Balaban J connectivity index is 1.30. The standard InChI is InChI=1S/C25H26N6O3/c32-14-13-29-9-11-30(12-10-29)24(33)19-16-27-31(23(19)17-5-6-17)25-26-8-7-20(28-25)22-15-18-3-1-2-4-21(18)34-22/h1-4,7-8,15-17,32H,5-6,9-14H2. The van der Waals surface area contributed by atoms with E-state index in [0.717, 1.165) is 42.6 Å². The predicted molar refractivity (Wildman–Crippen MR) is 126 cm³/mol. The second-order valence-electron chi connectivity index (χ2n) is 8.88. The van der Waals surface area contributed by atoms with E-state index in [9.17, 15) is 4.79 Å². The number of nitrogens with zero attached hydrogens (tertiary/aromatic N) is 6. The van der Waals surface area contributed by atoms with E-state index >= 15 is 0 Å². The first-order chi connectivity index (χ1) is 16.7. The molecule has 0 spiro atoms. The van der Waals surface area contributed by atoms with Crippen molar-refractivity contribution in [3.63, 3.8) is 0 Å². The summed E-state index contributed by atoms with van der Waals surface area (Å²) >= 11 is 0. The molecule has 1 amide bonds. The number of benzene rings is 1. The fourth-order valence-corrected chi connectivity index (χ4v) is 4.61. The molecule has 1 aliphatic heterocycles. The zero-order valence-electron chi connectivity index (χ0n) is 18.8. The second kappa shape index (κ2) is 8.66. The van der Waals surface area contributed by atoms with Gasteiger partial charge in [-0.3, -0.25) is 9.69 Å². The zero-order chi connectivity index (χ0) is 23.1. The molecule has 1 saturated heterocycles. The minimum atomic E-state index is 0.00485. The molecule has 0 radical (unpaired) electrons. The molecule has 2 aliphatic rings. The third kappa shape index (κ3) is 3.86. The smallest absolute Gasteiger partial charge is 0.257 e. The number of fused-ring (bicyclic) bond motifs is 1. The summed E-state index contributed by atoms with van der Waals surface area (Å²) in [6, 6.07) is 11.6. The number of carbonyl (C=O) groups is 1. The van der Waals surface area contributed by atoms with Crippen LogP contribution >= 0.6 is 0 Å². The minimum absolute atomic E-state index is 0.00485. The third-order valence-electron chi connectivity index (χ3n) is 6.59.